The van der Waals surface area contributed by atoms with E-state index in [0.29, 0.717) is 5.82 Å². The minimum absolute atomic E-state index is 0.275. The maximum Gasteiger partial charge on any atom is 0.141 e. The fourth-order valence-corrected chi connectivity index (χ4v) is 1.73. The van der Waals surface area contributed by atoms with E-state index in [4.69, 9.17) is 4.42 Å². The van der Waals surface area contributed by atoms with Crippen molar-refractivity contribution in [2.24, 2.45) is 0 Å². The van der Waals surface area contributed by atoms with Gasteiger partial charge in [-0.15, -0.1) is 0 Å². The second-order valence-corrected chi connectivity index (χ2v) is 3.93. The highest BCUT2D eigenvalue weighted by Gasteiger charge is 2.08. The number of aromatic nitrogens is 2. The number of benzene rings is 1. The number of nitrogens with zero attached hydrogens (tertiary/aromatic N) is 2. The molecule has 0 bridgehead atoms. The smallest absolute Gasteiger partial charge is 0.141 e. The summed E-state index contributed by atoms with van der Waals surface area (Å²) in [6, 6.07) is 7.91. The van der Waals surface area contributed by atoms with Crippen LogP contribution in [-0.2, 0) is 0 Å². The van der Waals surface area contributed by atoms with Crippen molar-refractivity contribution in [2.75, 3.05) is 5.32 Å². The van der Waals surface area contributed by atoms with Crippen molar-refractivity contribution < 1.29 is 8.81 Å². The van der Waals surface area contributed by atoms with E-state index in [-0.39, 0.29) is 5.82 Å². The first kappa shape index (κ1) is 11.4. The minimum atomic E-state index is -0.275. The monoisotopic (exact) mass is 255 g/mol. The van der Waals surface area contributed by atoms with Gasteiger partial charge in [0.2, 0.25) is 0 Å². The zero-order valence-corrected chi connectivity index (χ0v) is 9.88. The van der Waals surface area contributed by atoms with Crippen molar-refractivity contribution in [3.63, 3.8) is 0 Å². The minimum Gasteiger partial charge on any atom is -0.472 e. The molecule has 0 aliphatic carbocycles. The average molecular weight is 255 g/mol. The second kappa shape index (κ2) is 4.89. The lowest BCUT2D eigenvalue weighted by molar-refractivity contribution is 0.568. The van der Waals surface area contributed by atoms with E-state index in [0.717, 1.165) is 16.8 Å². The molecule has 1 aromatic carbocycles. The molecule has 2 aromatic heterocycles. The Morgan fingerprint density at radius 2 is 1.95 bits per heavy atom. The summed E-state index contributed by atoms with van der Waals surface area (Å²) in [4.78, 5) is 8.20. The molecule has 1 N–H and O–H groups in total. The van der Waals surface area contributed by atoms with Crippen LogP contribution >= 0.6 is 0 Å². The van der Waals surface area contributed by atoms with E-state index >= 15 is 0 Å². The van der Waals surface area contributed by atoms with Gasteiger partial charge < -0.3 is 9.73 Å². The fraction of sp³-hybridized carbons (Fsp3) is 0. The number of hydrogen-bond acceptors (Lipinski definition) is 4. The van der Waals surface area contributed by atoms with Gasteiger partial charge in [-0.2, -0.15) is 0 Å². The van der Waals surface area contributed by atoms with Crippen LogP contribution in [0.4, 0.5) is 15.9 Å². The molecule has 0 aliphatic heterocycles. The maximum atomic E-state index is 12.9. The predicted molar refractivity (Wildman–Crippen MR) is 69.4 cm³/mol. The Labute approximate surface area is 108 Å². The number of furan rings is 1. The zero-order valence-electron chi connectivity index (χ0n) is 9.88. The predicted octanol–water partition coefficient (Wildman–Crippen LogP) is 3.62. The van der Waals surface area contributed by atoms with Crippen LogP contribution < -0.4 is 5.32 Å². The Balaban J connectivity index is 1.95. The third-order valence-corrected chi connectivity index (χ3v) is 2.65. The summed E-state index contributed by atoms with van der Waals surface area (Å²) in [5, 5.41) is 3.13. The molecule has 0 unspecified atom stereocenters. The molecule has 0 fully saturated rings. The van der Waals surface area contributed by atoms with Crippen molar-refractivity contribution >= 4 is 11.5 Å². The number of nitrogens with one attached hydrogen (secondary N) is 1. The van der Waals surface area contributed by atoms with Crippen LogP contribution in [-0.4, -0.2) is 9.97 Å². The lowest BCUT2D eigenvalue weighted by Gasteiger charge is -2.08. The summed E-state index contributed by atoms with van der Waals surface area (Å²) in [6.45, 7) is 0. The van der Waals surface area contributed by atoms with Crippen LogP contribution in [0.3, 0.4) is 0 Å². The van der Waals surface area contributed by atoms with E-state index in [1.54, 1.807) is 30.9 Å². The van der Waals surface area contributed by atoms with Crippen LogP contribution in [0.5, 0.6) is 0 Å². The summed E-state index contributed by atoms with van der Waals surface area (Å²) in [6.07, 6.45) is 6.36. The summed E-state index contributed by atoms with van der Waals surface area (Å²) in [7, 11) is 0. The number of anilines is 2. The Morgan fingerprint density at radius 1 is 1.11 bits per heavy atom. The van der Waals surface area contributed by atoms with Crippen LogP contribution in [0.1, 0.15) is 0 Å². The lowest BCUT2D eigenvalue weighted by atomic mass is 10.1. The number of hydrogen-bond donors (Lipinski definition) is 1. The molecule has 0 spiro atoms. The molecule has 2 heterocycles. The Morgan fingerprint density at radius 3 is 2.68 bits per heavy atom. The van der Waals surface area contributed by atoms with E-state index in [1.165, 1.54) is 18.5 Å². The molecule has 0 atom stereocenters. The highest BCUT2D eigenvalue weighted by Crippen LogP contribution is 2.27. The van der Waals surface area contributed by atoms with Gasteiger partial charge in [0.05, 0.1) is 12.5 Å². The van der Waals surface area contributed by atoms with Gasteiger partial charge in [0.15, 0.2) is 0 Å². The molecule has 0 aliphatic rings. The molecule has 0 radical (unpaired) electrons. The topological polar surface area (TPSA) is 51.0 Å². The first-order chi connectivity index (χ1) is 9.33. The van der Waals surface area contributed by atoms with Gasteiger partial charge in [-0.1, -0.05) is 0 Å². The maximum absolute atomic E-state index is 12.9. The third kappa shape index (κ3) is 2.44. The summed E-state index contributed by atoms with van der Waals surface area (Å²) in [5.41, 5.74) is 2.45. The summed E-state index contributed by atoms with van der Waals surface area (Å²) >= 11 is 0. The molecule has 3 rings (SSSR count). The average Bonchev–Trinajstić information content (AvgIpc) is 2.96. The van der Waals surface area contributed by atoms with Gasteiger partial charge in [0.1, 0.15) is 18.0 Å². The Bertz CT molecular complexity index is 665. The molecular weight excluding hydrogens is 245 g/mol. The van der Waals surface area contributed by atoms with Gasteiger partial charge in [0.25, 0.3) is 0 Å². The van der Waals surface area contributed by atoms with Crippen molar-refractivity contribution in [3.05, 3.63) is 61.2 Å². The third-order valence-electron chi connectivity index (χ3n) is 2.65. The van der Waals surface area contributed by atoms with Crippen molar-refractivity contribution in [1.82, 2.24) is 9.97 Å². The second-order valence-electron chi connectivity index (χ2n) is 3.93. The van der Waals surface area contributed by atoms with Crippen molar-refractivity contribution in [1.29, 1.82) is 0 Å². The lowest BCUT2D eigenvalue weighted by Crippen LogP contribution is -1.96. The molecular formula is C14H10FN3O. The first-order valence-electron chi connectivity index (χ1n) is 5.68. The number of halogens is 1. The molecule has 0 saturated heterocycles. The molecule has 19 heavy (non-hydrogen) atoms. The SMILES string of the molecule is Fc1ccc(Nc2ncncc2-c2ccoc2)cc1. The molecule has 3 aromatic rings. The summed E-state index contributed by atoms with van der Waals surface area (Å²) in [5.74, 6) is 0.367. The van der Waals surface area contributed by atoms with Gasteiger partial charge in [-0.3, -0.25) is 0 Å². The van der Waals surface area contributed by atoms with E-state index in [1.807, 2.05) is 6.07 Å². The van der Waals surface area contributed by atoms with Crippen LogP contribution in [0.15, 0.2) is 59.8 Å². The van der Waals surface area contributed by atoms with Gasteiger partial charge >= 0.3 is 0 Å². The Kier molecular flexibility index (Phi) is 2.94. The molecule has 0 amide bonds. The largest absolute Gasteiger partial charge is 0.472 e. The van der Waals surface area contributed by atoms with Gasteiger partial charge in [-0.25, -0.2) is 14.4 Å². The fourth-order valence-electron chi connectivity index (χ4n) is 1.73. The summed E-state index contributed by atoms with van der Waals surface area (Å²) < 4.78 is 17.9. The standard InChI is InChI=1S/C14H10FN3O/c15-11-1-3-12(4-2-11)18-14-13(7-16-9-17-14)10-5-6-19-8-10/h1-9H,(H,16,17,18). The quantitative estimate of drug-likeness (QED) is 0.776. The van der Waals surface area contributed by atoms with E-state index in [9.17, 15) is 4.39 Å². The first-order valence-corrected chi connectivity index (χ1v) is 5.68. The zero-order chi connectivity index (χ0) is 13.1. The van der Waals surface area contributed by atoms with Crippen LogP contribution in [0, 0.1) is 5.82 Å². The van der Waals surface area contributed by atoms with E-state index < -0.39 is 0 Å². The van der Waals surface area contributed by atoms with Crippen LogP contribution in [0.2, 0.25) is 0 Å². The molecule has 0 saturated carbocycles. The molecule has 5 heteroatoms. The van der Waals surface area contributed by atoms with Crippen LogP contribution in [0.25, 0.3) is 11.1 Å². The normalized spacial score (nSPS) is 10.4. The molecule has 4 nitrogen and oxygen atoms in total. The van der Waals surface area contributed by atoms with Gasteiger partial charge in [-0.05, 0) is 30.3 Å². The highest BCUT2D eigenvalue weighted by molar-refractivity contribution is 5.76. The van der Waals surface area contributed by atoms with E-state index in [2.05, 4.69) is 15.3 Å². The Hall–Kier alpha value is -2.69. The number of rotatable bonds is 3. The van der Waals surface area contributed by atoms with Gasteiger partial charge in [0, 0.05) is 23.0 Å². The van der Waals surface area contributed by atoms with Crippen molar-refractivity contribution in [2.45, 2.75) is 0 Å². The highest BCUT2D eigenvalue weighted by atomic mass is 19.1. The van der Waals surface area contributed by atoms with Crippen molar-refractivity contribution in [3.8, 4) is 11.1 Å². The molecule has 94 valence electrons.